The quantitative estimate of drug-likeness (QED) is 0.317. The lowest BCUT2D eigenvalue weighted by atomic mass is 10.1. The Morgan fingerprint density at radius 2 is 1.65 bits per heavy atom. The van der Waals surface area contributed by atoms with Crippen molar-refractivity contribution in [2.45, 2.75) is 24.8 Å². The molecule has 2 aromatic rings. The molecule has 0 amide bonds. The Balaban J connectivity index is 0.00000338. The van der Waals surface area contributed by atoms with Crippen LogP contribution in [0.25, 0.3) is 0 Å². The third-order valence-electron chi connectivity index (χ3n) is 3.56. The molecular formula is C18H25IN4O2S. The van der Waals surface area contributed by atoms with Crippen molar-refractivity contribution in [1.29, 1.82) is 0 Å². The second-order valence-electron chi connectivity index (χ2n) is 5.55. The van der Waals surface area contributed by atoms with Gasteiger partial charge in [0.1, 0.15) is 0 Å². The Kier molecular flexibility index (Phi) is 9.60. The topological polar surface area (TPSA) is 96.6 Å². The van der Waals surface area contributed by atoms with E-state index in [1.807, 2.05) is 37.3 Å². The predicted octanol–water partition coefficient (Wildman–Crippen LogP) is 2.25. The number of aliphatic imine (C=N–C) groups is 1. The highest BCUT2D eigenvalue weighted by atomic mass is 127. The van der Waals surface area contributed by atoms with Crippen LogP contribution in [0.3, 0.4) is 0 Å². The van der Waals surface area contributed by atoms with E-state index in [1.54, 1.807) is 12.1 Å². The Morgan fingerprint density at radius 3 is 2.23 bits per heavy atom. The van der Waals surface area contributed by atoms with E-state index in [0.717, 1.165) is 30.1 Å². The van der Waals surface area contributed by atoms with E-state index in [2.05, 4.69) is 15.6 Å². The van der Waals surface area contributed by atoms with Gasteiger partial charge in [0.15, 0.2) is 5.96 Å². The van der Waals surface area contributed by atoms with Gasteiger partial charge in [-0.25, -0.2) is 18.5 Å². The molecule has 0 saturated carbocycles. The molecular weight excluding hydrogens is 463 g/mol. The van der Waals surface area contributed by atoms with Crippen LogP contribution in [-0.2, 0) is 23.0 Å². The first kappa shape index (κ1) is 22.4. The van der Waals surface area contributed by atoms with E-state index in [9.17, 15) is 8.42 Å². The fourth-order valence-corrected chi connectivity index (χ4v) is 2.78. The Morgan fingerprint density at radius 1 is 1.00 bits per heavy atom. The lowest BCUT2D eigenvalue weighted by Gasteiger charge is -2.11. The van der Waals surface area contributed by atoms with E-state index in [4.69, 9.17) is 5.14 Å². The Bertz CT molecular complexity index is 794. The van der Waals surface area contributed by atoms with Crippen LogP contribution in [0.5, 0.6) is 0 Å². The van der Waals surface area contributed by atoms with Gasteiger partial charge in [0.05, 0.1) is 11.4 Å². The maximum absolute atomic E-state index is 11.2. The molecule has 0 heterocycles. The highest BCUT2D eigenvalue weighted by Crippen LogP contribution is 2.08. The molecule has 0 fully saturated rings. The number of nitrogens with zero attached hydrogens (tertiary/aromatic N) is 1. The third kappa shape index (κ3) is 7.71. The summed E-state index contributed by atoms with van der Waals surface area (Å²) in [4.78, 5) is 4.69. The van der Waals surface area contributed by atoms with Crippen LogP contribution in [0.15, 0.2) is 64.5 Å². The molecule has 0 bridgehead atoms. The number of benzene rings is 2. The minimum atomic E-state index is -3.64. The first-order chi connectivity index (χ1) is 12.0. The highest BCUT2D eigenvalue weighted by Gasteiger charge is 2.06. The van der Waals surface area contributed by atoms with Crippen molar-refractivity contribution >= 4 is 40.0 Å². The van der Waals surface area contributed by atoms with Crippen LogP contribution in [0, 0.1) is 0 Å². The molecule has 0 spiro atoms. The number of rotatable bonds is 7. The van der Waals surface area contributed by atoms with Crippen molar-refractivity contribution in [2.24, 2.45) is 10.1 Å². The van der Waals surface area contributed by atoms with Crippen molar-refractivity contribution < 1.29 is 8.42 Å². The van der Waals surface area contributed by atoms with Gasteiger partial charge in [-0.15, -0.1) is 24.0 Å². The summed E-state index contributed by atoms with van der Waals surface area (Å²) in [5.41, 5.74) is 2.18. The second-order valence-corrected chi connectivity index (χ2v) is 7.11. The maximum atomic E-state index is 11.2. The fraction of sp³-hybridized carbons (Fsp3) is 0.278. The number of halogens is 1. The average molecular weight is 488 g/mol. The number of guanidine groups is 1. The number of nitrogens with one attached hydrogen (secondary N) is 2. The fourth-order valence-electron chi connectivity index (χ4n) is 2.27. The monoisotopic (exact) mass is 488 g/mol. The minimum absolute atomic E-state index is 0. The van der Waals surface area contributed by atoms with E-state index >= 15 is 0 Å². The molecule has 2 rings (SSSR count). The standard InChI is InChI=1S/C18H24N4O2S.HI/c1-2-20-18(22-14-16-6-4-3-5-7-16)21-13-12-15-8-10-17(11-9-15)25(19,23)24;/h3-11H,2,12-14H2,1H3,(H2,19,23,24)(H2,20,21,22);1H. The number of hydrogen-bond donors (Lipinski definition) is 3. The third-order valence-corrected chi connectivity index (χ3v) is 4.49. The van der Waals surface area contributed by atoms with E-state index in [1.165, 1.54) is 12.1 Å². The normalized spacial score (nSPS) is 11.5. The van der Waals surface area contributed by atoms with E-state index in [-0.39, 0.29) is 28.9 Å². The smallest absolute Gasteiger partial charge is 0.238 e. The lowest BCUT2D eigenvalue weighted by molar-refractivity contribution is 0.598. The second kappa shape index (κ2) is 11.1. The molecule has 0 atom stereocenters. The van der Waals surface area contributed by atoms with Crippen molar-refractivity contribution in [3.8, 4) is 0 Å². The van der Waals surface area contributed by atoms with Crippen LogP contribution in [0.2, 0.25) is 0 Å². The van der Waals surface area contributed by atoms with Gasteiger partial charge in [-0.1, -0.05) is 42.5 Å². The molecule has 142 valence electrons. The van der Waals surface area contributed by atoms with Gasteiger partial charge in [-0.05, 0) is 36.6 Å². The SMILES string of the molecule is CCNC(=NCc1ccccc1)NCCc1ccc(S(N)(=O)=O)cc1.I. The molecule has 8 heteroatoms. The maximum Gasteiger partial charge on any atom is 0.238 e. The lowest BCUT2D eigenvalue weighted by Crippen LogP contribution is -2.38. The summed E-state index contributed by atoms with van der Waals surface area (Å²) in [5, 5.41) is 11.6. The summed E-state index contributed by atoms with van der Waals surface area (Å²) >= 11 is 0. The van der Waals surface area contributed by atoms with Crippen molar-refractivity contribution in [3.05, 3.63) is 65.7 Å². The number of hydrogen-bond acceptors (Lipinski definition) is 3. The summed E-state index contributed by atoms with van der Waals surface area (Å²) in [6.07, 6.45) is 0.751. The van der Waals surface area contributed by atoms with Gasteiger partial charge in [0, 0.05) is 13.1 Å². The molecule has 0 radical (unpaired) electrons. The summed E-state index contributed by atoms with van der Waals surface area (Å²) in [7, 11) is -3.64. The summed E-state index contributed by atoms with van der Waals surface area (Å²) in [6.45, 7) is 4.10. The molecule has 0 aromatic heterocycles. The number of primary sulfonamides is 1. The molecule has 0 aliphatic heterocycles. The first-order valence-electron chi connectivity index (χ1n) is 8.17. The molecule has 0 unspecified atom stereocenters. The zero-order chi connectivity index (χ0) is 18.1. The van der Waals surface area contributed by atoms with Crippen LogP contribution in [0.1, 0.15) is 18.1 Å². The van der Waals surface area contributed by atoms with Gasteiger partial charge < -0.3 is 10.6 Å². The predicted molar refractivity (Wildman–Crippen MR) is 116 cm³/mol. The van der Waals surface area contributed by atoms with Gasteiger partial charge in [-0.3, -0.25) is 0 Å². The van der Waals surface area contributed by atoms with Crippen LogP contribution in [-0.4, -0.2) is 27.5 Å². The van der Waals surface area contributed by atoms with Gasteiger partial charge >= 0.3 is 0 Å². The van der Waals surface area contributed by atoms with Gasteiger partial charge in [-0.2, -0.15) is 0 Å². The Hall–Kier alpha value is -1.65. The summed E-state index contributed by atoms with van der Waals surface area (Å²) < 4.78 is 22.5. The van der Waals surface area contributed by atoms with Crippen LogP contribution < -0.4 is 15.8 Å². The summed E-state index contributed by atoms with van der Waals surface area (Å²) in [6, 6.07) is 16.7. The molecule has 0 saturated heterocycles. The van der Waals surface area contributed by atoms with Gasteiger partial charge in [0.2, 0.25) is 10.0 Å². The minimum Gasteiger partial charge on any atom is -0.357 e. The molecule has 0 aliphatic carbocycles. The molecule has 6 nitrogen and oxygen atoms in total. The van der Waals surface area contributed by atoms with Crippen molar-refractivity contribution in [1.82, 2.24) is 10.6 Å². The Labute approximate surface area is 172 Å². The molecule has 26 heavy (non-hydrogen) atoms. The largest absolute Gasteiger partial charge is 0.357 e. The highest BCUT2D eigenvalue weighted by molar-refractivity contribution is 14.0. The number of sulfonamides is 1. The van der Waals surface area contributed by atoms with Crippen molar-refractivity contribution in [3.63, 3.8) is 0 Å². The molecule has 0 aliphatic rings. The first-order valence-corrected chi connectivity index (χ1v) is 9.71. The van der Waals surface area contributed by atoms with Gasteiger partial charge in [0.25, 0.3) is 0 Å². The van der Waals surface area contributed by atoms with Crippen LogP contribution in [0.4, 0.5) is 0 Å². The van der Waals surface area contributed by atoms with E-state index in [0.29, 0.717) is 13.1 Å². The summed E-state index contributed by atoms with van der Waals surface area (Å²) in [5.74, 6) is 0.757. The number of nitrogens with two attached hydrogens (primary N) is 1. The van der Waals surface area contributed by atoms with Crippen LogP contribution >= 0.6 is 24.0 Å². The zero-order valence-electron chi connectivity index (χ0n) is 14.7. The molecule has 2 aromatic carbocycles. The van der Waals surface area contributed by atoms with E-state index < -0.39 is 10.0 Å². The average Bonchev–Trinajstić information content (AvgIpc) is 2.60. The van der Waals surface area contributed by atoms with Crippen molar-refractivity contribution in [2.75, 3.05) is 13.1 Å². The molecule has 4 N–H and O–H groups in total. The zero-order valence-corrected chi connectivity index (χ0v) is 17.8.